The molecule has 1 aromatic rings. The van der Waals surface area contributed by atoms with Crippen molar-refractivity contribution in [1.82, 2.24) is 0 Å². The summed E-state index contributed by atoms with van der Waals surface area (Å²) in [6.45, 7) is -0.323. The highest BCUT2D eigenvalue weighted by Crippen LogP contribution is 2.33. The molecule has 0 atom stereocenters. The van der Waals surface area contributed by atoms with Crippen molar-refractivity contribution < 1.29 is 29.2 Å². The summed E-state index contributed by atoms with van der Waals surface area (Å²) in [5.74, 6) is 0.165. The maximum Gasteiger partial charge on any atom is 0.261 e. The van der Waals surface area contributed by atoms with E-state index in [0.29, 0.717) is 16.7 Å². The maximum absolute atomic E-state index is 11.9. The Bertz CT molecular complexity index is 661. The van der Waals surface area contributed by atoms with Crippen LogP contribution in [0.5, 0.6) is 11.5 Å². The number of benzene rings is 1. The van der Waals surface area contributed by atoms with Gasteiger partial charge in [0.25, 0.3) is 5.78 Å². The molecule has 0 saturated carbocycles. The molecule has 6 heteroatoms. The molecular weight excluding hydrogens is 300 g/mol. The zero-order valence-electron chi connectivity index (χ0n) is 13.1. The summed E-state index contributed by atoms with van der Waals surface area (Å²) in [6, 6.07) is 3.25. The highest BCUT2D eigenvalue weighted by Gasteiger charge is 2.21. The first-order chi connectivity index (χ1) is 11.0. The Morgan fingerprint density at radius 3 is 2.13 bits per heavy atom. The van der Waals surface area contributed by atoms with E-state index in [4.69, 9.17) is 14.2 Å². The maximum atomic E-state index is 11.9. The number of ketones is 1. The zero-order valence-corrected chi connectivity index (χ0v) is 13.1. The van der Waals surface area contributed by atoms with E-state index in [1.165, 1.54) is 21.3 Å². The Morgan fingerprint density at radius 2 is 1.65 bits per heavy atom. The van der Waals surface area contributed by atoms with Crippen molar-refractivity contribution in [2.24, 2.45) is 0 Å². The second-order valence-electron chi connectivity index (χ2n) is 4.79. The van der Waals surface area contributed by atoms with Crippen molar-refractivity contribution in [3.05, 3.63) is 52.5 Å². The van der Waals surface area contributed by atoms with Gasteiger partial charge in [-0.15, -0.1) is 0 Å². The third-order valence-electron chi connectivity index (χ3n) is 3.38. The molecule has 0 unspecified atom stereocenters. The molecule has 0 spiro atoms. The first-order valence-electron chi connectivity index (χ1n) is 6.82. The summed E-state index contributed by atoms with van der Waals surface area (Å²) in [4.78, 5) is 11.9. The highest BCUT2D eigenvalue weighted by molar-refractivity contribution is 6.07. The van der Waals surface area contributed by atoms with E-state index in [9.17, 15) is 15.0 Å². The van der Waals surface area contributed by atoms with Gasteiger partial charge in [0, 0.05) is 5.56 Å². The van der Waals surface area contributed by atoms with Crippen LogP contribution in [-0.2, 0) is 20.9 Å². The quantitative estimate of drug-likeness (QED) is 0.863. The van der Waals surface area contributed by atoms with Gasteiger partial charge in [-0.2, -0.15) is 0 Å². The molecule has 0 aromatic heterocycles. The fraction of sp³-hybridized carbons (Fsp3) is 0.235. The fourth-order valence-corrected chi connectivity index (χ4v) is 2.22. The van der Waals surface area contributed by atoms with Gasteiger partial charge in [-0.1, -0.05) is 0 Å². The van der Waals surface area contributed by atoms with Gasteiger partial charge >= 0.3 is 0 Å². The van der Waals surface area contributed by atoms with E-state index >= 15 is 0 Å². The summed E-state index contributed by atoms with van der Waals surface area (Å²) in [7, 11) is 4.25. The Morgan fingerprint density at radius 1 is 1.04 bits per heavy atom. The van der Waals surface area contributed by atoms with Crippen LogP contribution in [0.15, 0.2) is 41.4 Å². The molecule has 1 aliphatic carbocycles. The lowest BCUT2D eigenvalue weighted by Crippen LogP contribution is -2.13. The molecule has 6 nitrogen and oxygen atoms in total. The molecule has 1 aliphatic rings. The van der Waals surface area contributed by atoms with Gasteiger partial charge in [0.1, 0.15) is 0 Å². The molecule has 0 bridgehead atoms. The van der Waals surface area contributed by atoms with Crippen LogP contribution >= 0.6 is 0 Å². The van der Waals surface area contributed by atoms with Crippen molar-refractivity contribution in [3.8, 4) is 11.5 Å². The Labute approximate surface area is 133 Å². The number of allylic oxidation sites excluding steroid dienone is 3. The van der Waals surface area contributed by atoms with Crippen LogP contribution in [0.3, 0.4) is 0 Å². The van der Waals surface area contributed by atoms with E-state index in [0.717, 1.165) is 0 Å². The van der Waals surface area contributed by atoms with E-state index in [1.54, 1.807) is 30.4 Å². The lowest BCUT2D eigenvalue weighted by Gasteiger charge is -2.14. The standard InChI is InChI=1S/C17H18O6/c1-21-13-6-10(5-12(9-18)16(13)19)4-11-7-14(22-2)17(20)15(8-11)23-3/h4-8,18-19H,9H2,1-3H3. The number of Topliss-reactive ketones (excluding diaryl/α,β-unsaturated/α-hetero) is 1. The van der Waals surface area contributed by atoms with Crippen LogP contribution in [0.2, 0.25) is 0 Å². The molecule has 0 saturated heterocycles. The average molecular weight is 318 g/mol. The lowest BCUT2D eigenvalue weighted by molar-refractivity contribution is -0.117. The number of carbonyl (C=O) groups excluding carboxylic acids is 1. The molecule has 0 radical (unpaired) electrons. The first kappa shape index (κ1) is 16.6. The minimum absolute atomic E-state index is 0.0998. The highest BCUT2D eigenvalue weighted by atomic mass is 16.5. The van der Waals surface area contributed by atoms with Crippen LogP contribution in [0, 0.1) is 0 Å². The third-order valence-corrected chi connectivity index (χ3v) is 3.38. The van der Waals surface area contributed by atoms with Gasteiger partial charge in [-0.3, -0.25) is 4.79 Å². The fourth-order valence-electron chi connectivity index (χ4n) is 2.22. The lowest BCUT2D eigenvalue weighted by atomic mass is 10.0. The van der Waals surface area contributed by atoms with Crippen molar-refractivity contribution in [1.29, 1.82) is 0 Å². The van der Waals surface area contributed by atoms with Crippen molar-refractivity contribution >= 4 is 11.9 Å². The second-order valence-corrected chi connectivity index (χ2v) is 4.79. The van der Waals surface area contributed by atoms with Gasteiger partial charge < -0.3 is 24.4 Å². The summed E-state index contributed by atoms with van der Waals surface area (Å²) < 4.78 is 15.2. The smallest absolute Gasteiger partial charge is 0.261 e. The van der Waals surface area contributed by atoms with Crippen LogP contribution in [-0.4, -0.2) is 37.3 Å². The SMILES string of the molecule is COC1=CC(=Cc2cc(CO)c(O)c(OC)c2)C=C(OC)C1=O. The van der Waals surface area contributed by atoms with Crippen molar-refractivity contribution in [2.45, 2.75) is 6.61 Å². The molecular formula is C17H18O6. The van der Waals surface area contributed by atoms with E-state index in [2.05, 4.69) is 0 Å². The first-order valence-corrected chi connectivity index (χ1v) is 6.82. The monoisotopic (exact) mass is 318 g/mol. The van der Waals surface area contributed by atoms with Crippen LogP contribution in [0.4, 0.5) is 0 Å². The van der Waals surface area contributed by atoms with Gasteiger partial charge in [-0.25, -0.2) is 0 Å². The number of phenols is 1. The summed E-state index contributed by atoms with van der Waals surface area (Å²) in [5.41, 5.74) is 1.70. The number of rotatable bonds is 5. The summed E-state index contributed by atoms with van der Waals surface area (Å²) >= 11 is 0. The van der Waals surface area contributed by atoms with E-state index < -0.39 is 0 Å². The van der Waals surface area contributed by atoms with Crippen molar-refractivity contribution in [3.63, 3.8) is 0 Å². The number of aliphatic hydroxyl groups is 1. The number of aliphatic hydroxyl groups excluding tert-OH is 1. The normalized spacial score (nSPS) is 14.1. The van der Waals surface area contributed by atoms with Crippen molar-refractivity contribution in [2.75, 3.05) is 21.3 Å². The summed E-state index contributed by atoms with van der Waals surface area (Å²) in [6.07, 6.45) is 4.93. The van der Waals surface area contributed by atoms with Crippen LogP contribution < -0.4 is 4.74 Å². The predicted octanol–water partition coefficient (Wildman–Crippen LogP) is 1.92. The molecule has 23 heavy (non-hydrogen) atoms. The molecule has 122 valence electrons. The van der Waals surface area contributed by atoms with Gasteiger partial charge in [0.05, 0.1) is 27.9 Å². The number of ether oxygens (including phenoxy) is 3. The minimum Gasteiger partial charge on any atom is -0.504 e. The molecule has 0 amide bonds. The molecule has 2 rings (SSSR count). The van der Waals surface area contributed by atoms with Gasteiger partial charge in [0.2, 0.25) is 0 Å². The van der Waals surface area contributed by atoms with Crippen LogP contribution in [0.25, 0.3) is 6.08 Å². The predicted molar refractivity (Wildman–Crippen MR) is 83.7 cm³/mol. The van der Waals surface area contributed by atoms with Gasteiger partial charge in [-0.05, 0) is 41.5 Å². The number of aromatic hydroxyl groups is 1. The molecule has 0 aliphatic heterocycles. The molecule has 0 heterocycles. The number of hydrogen-bond acceptors (Lipinski definition) is 6. The molecule has 1 aromatic carbocycles. The van der Waals surface area contributed by atoms with E-state index in [1.807, 2.05) is 0 Å². The second kappa shape index (κ2) is 7.02. The van der Waals surface area contributed by atoms with Crippen LogP contribution in [0.1, 0.15) is 11.1 Å². The number of carbonyl (C=O) groups is 1. The zero-order chi connectivity index (χ0) is 17.0. The minimum atomic E-state index is -0.327. The largest absolute Gasteiger partial charge is 0.504 e. The topological polar surface area (TPSA) is 85.2 Å². The van der Waals surface area contributed by atoms with E-state index in [-0.39, 0.29) is 35.4 Å². The number of methoxy groups -OCH3 is 3. The van der Waals surface area contributed by atoms with Gasteiger partial charge in [0.15, 0.2) is 23.0 Å². The Balaban J connectivity index is 2.50. The summed E-state index contributed by atoms with van der Waals surface area (Å²) in [5, 5.41) is 19.2. The molecule has 2 N–H and O–H groups in total. The third kappa shape index (κ3) is 3.37. The Kier molecular flexibility index (Phi) is 5.08. The average Bonchev–Trinajstić information content (AvgIpc) is 2.57. The molecule has 0 fully saturated rings. The number of hydrogen-bond donors (Lipinski definition) is 2. The Hall–Kier alpha value is -2.73.